The molecular formula is C64H98O6. The van der Waals surface area contributed by atoms with Gasteiger partial charge in [-0.05, 0) is 96.3 Å². The lowest BCUT2D eigenvalue weighted by atomic mass is 10.1. The van der Waals surface area contributed by atoms with E-state index in [2.05, 4.69) is 130 Å². The predicted molar refractivity (Wildman–Crippen MR) is 302 cm³/mol. The molecule has 0 aromatic rings. The second-order valence-electron chi connectivity index (χ2n) is 17.6. The molecule has 0 aliphatic rings. The smallest absolute Gasteiger partial charge is 0.306 e. The maximum Gasteiger partial charge on any atom is 0.306 e. The van der Waals surface area contributed by atoms with Crippen molar-refractivity contribution in [1.82, 2.24) is 0 Å². The van der Waals surface area contributed by atoms with E-state index in [4.69, 9.17) is 14.2 Å². The molecule has 0 rings (SSSR count). The van der Waals surface area contributed by atoms with Gasteiger partial charge in [-0.3, -0.25) is 14.4 Å². The normalized spacial score (nSPS) is 13.4. The highest BCUT2D eigenvalue weighted by atomic mass is 16.6. The van der Waals surface area contributed by atoms with Gasteiger partial charge in [0.05, 0.1) is 0 Å². The number of carbonyl (C=O) groups excluding carboxylic acids is 3. The molecule has 0 fully saturated rings. The van der Waals surface area contributed by atoms with Gasteiger partial charge in [0, 0.05) is 19.3 Å². The minimum atomic E-state index is -0.838. The van der Waals surface area contributed by atoms with Crippen LogP contribution < -0.4 is 0 Å². The third-order valence-electron chi connectivity index (χ3n) is 10.9. The van der Waals surface area contributed by atoms with E-state index in [1.165, 1.54) is 38.5 Å². The molecule has 1 unspecified atom stereocenters. The van der Waals surface area contributed by atoms with Crippen molar-refractivity contribution in [2.24, 2.45) is 0 Å². The topological polar surface area (TPSA) is 78.9 Å². The second kappa shape index (κ2) is 56.6. The Labute approximate surface area is 429 Å². The van der Waals surface area contributed by atoms with Gasteiger partial charge in [0.15, 0.2) is 6.10 Å². The standard InChI is InChI=1S/C64H98O6/c1-4-7-10-13-16-19-22-25-28-31-33-36-39-42-45-48-51-54-57-63(66)69-60-61(59-68-62(65)56-53-50-47-44-41-38-35-30-27-24-21-18-15-12-9-6-3)70-64(67)58-55-52-49-46-43-40-37-34-32-29-26-23-20-17-14-11-8-5-2/h9-10,12-13,16,18-19,21-23,25-34,36-38,41,47,50,61H,4-8,11,14-15,17,20,24,35,39-40,42-46,48-49,51-60H2,1-3H3/b12-9-,13-10-,19-16-,21-18-,25-22-,26-23-,30-27-,31-28-,32-29-,36-33-,37-34-,41-38-,50-47-. The van der Waals surface area contributed by atoms with Crippen LogP contribution in [0.4, 0.5) is 0 Å². The Kier molecular flexibility index (Phi) is 52.6. The van der Waals surface area contributed by atoms with Crippen LogP contribution in [0.2, 0.25) is 0 Å². The van der Waals surface area contributed by atoms with E-state index in [-0.39, 0.29) is 44.0 Å². The van der Waals surface area contributed by atoms with Crippen molar-refractivity contribution in [1.29, 1.82) is 0 Å². The highest BCUT2D eigenvalue weighted by molar-refractivity contribution is 5.71. The van der Waals surface area contributed by atoms with Gasteiger partial charge >= 0.3 is 17.9 Å². The van der Waals surface area contributed by atoms with Crippen LogP contribution in [0.25, 0.3) is 0 Å². The fraction of sp³-hybridized carbons (Fsp3) is 0.547. The van der Waals surface area contributed by atoms with Crippen LogP contribution >= 0.6 is 0 Å². The Morgan fingerprint density at radius 3 is 1.11 bits per heavy atom. The zero-order valence-electron chi connectivity index (χ0n) is 44.5. The van der Waals surface area contributed by atoms with Gasteiger partial charge in [-0.15, -0.1) is 0 Å². The molecule has 0 aromatic carbocycles. The Morgan fingerprint density at radius 2 is 0.671 bits per heavy atom. The quantitative estimate of drug-likeness (QED) is 0.0199. The molecule has 0 N–H and O–H groups in total. The average Bonchev–Trinajstić information content (AvgIpc) is 3.36. The van der Waals surface area contributed by atoms with Crippen LogP contribution in [0, 0.1) is 0 Å². The lowest BCUT2D eigenvalue weighted by molar-refractivity contribution is -0.166. The highest BCUT2D eigenvalue weighted by Gasteiger charge is 2.19. The number of esters is 3. The van der Waals surface area contributed by atoms with Crippen LogP contribution in [0.3, 0.4) is 0 Å². The molecule has 70 heavy (non-hydrogen) atoms. The van der Waals surface area contributed by atoms with Gasteiger partial charge in [0.25, 0.3) is 0 Å². The van der Waals surface area contributed by atoms with Crippen LogP contribution in [-0.4, -0.2) is 37.2 Å². The summed E-state index contributed by atoms with van der Waals surface area (Å²) in [5.74, 6) is -1.07. The Morgan fingerprint density at radius 1 is 0.314 bits per heavy atom. The number of hydrogen-bond donors (Lipinski definition) is 0. The molecule has 0 heterocycles. The number of carbonyl (C=O) groups is 3. The Hall–Kier alpha value is -4.97. The van der Waals surface area contributed by atoms with E-state index in [1.807, 2.05) is 48.6 Å². The summed E-state index contributed by atoms with van der Waals surface area (Å²) in [5, 5.41) is 0. The van der Waals surface area contributed by atoms with Crippen LogP contribution in [0.1, 0.15) is 207 Å². The maximum absolute atomic E-state index is 12.8. The first-order chi connectivity index (χ1) is 34.5. The second-order valence-corrected chi connectivity index (χ2v) is 17.6. The SMILES string of the molecule is CC/C=C\C/C=C\C/C=C\C/C=C\C/C=C\CCC(=O)OCC(COC(=O)CCCCCCC\C=C/C=C\C=C/C=C\C=C/CCC)OC(=O)CCCCCCC\C=C/C=C\C=C/CCCCCCC. The molecule has 0 aromatic heterocycles. The summed E-state index contributed by atoms with van der Waals surface area (Å²) < 4.78 is 16.7. The number of rotatable bonds is 47. The van der Waals surface area contributed by atoms with Crippen molar-refractivity contribution < 1.29 is 28.6 Å². The average molecular weight is 963 g/mol. The summed E-state index contributed by atoms with van der Waals surface area (Å²) in [6, 6.07) is 0. The van der Waals surface area contributed by atoms with Gasteiger partial charge in [-0.2, -0.15) is 0 Å². The number of unbranched alkanes of at least 4 members (excludes halogenated alkanes) is 16. The zero-order chi connectivity index (χ0) is 50.7. The van der Waals surface area contributed by atoms with E-state index in [0.717, 1.165) is 122 Å². The number of ether oxygens (including phenoxy) is 3. The minimum Gasteiger partial charge on any atom is -0.462 e. The summed E-state index contributed by atoms with van der Waals surface area (Å²) in [6.45, 7) is 6.29. The fourth-order valence-corrected chi connectivity index (χ4v) is 6.82. The lowest BCUT2D eigenvalue weighted by Gasteiger charge is -2.18. The maximum atomic E-state index is 12.8. The molecule has 6 nitrogen and oxygen atoms in total. The third-order valence-corrected chi connectivity index (χ3v) is 10.9. The van der Waals surface area contributed by atoms with Crippen LogP contribution in [0.5, 0.6) is 0 Å². The van der Waals surface area contributed by atoms with Gasteiger partial charge in [0.2, 0.25) is 0 Å². The first kappa shape index (κ1) is 65.0. The largest absolute Gasteiger partial charge is 0.462 e. The van der Waals surface area contributed by atoms with E-state index >= 15 is 0 Å². The van der Waals surface area contributed by atoms with Crippen molar-refractivity contribution in [3.63, 3.8) is 0 Å². The first-order valence-corrected chi connectivity index (χ1v) is 27.6. The molecule has 0 amide bonds. The van der Waals surface area contributed by atoms with Crippen LogP contribution in [0.15, 0.2) is 158 Å². The van der Waals surface area contributed by atoms with E-state index in [1.54, 1.807) is 0 Å². The molecule has 1 atom stereocenters. The van der Waals surface area contributed by atoms with Gasteiger partial charge in [-0.1, -0.05) is 249 Å². The van der Waals surface area contributed by atoms with Crippen LogP contribution in [-0.2, 0) is 28.6 Å². The van der Waals surface area contributed by atoms with Crippen molar-refractivity contribution in [2.75, 3.05) is 13.2 Å². The Bertz CT molecular complexity index is 1620. The predicted octanol–water partition coefficient (Wildman–Crippen LogP) is 18.6. The van der Waals surface area contributed by atoms with Crippen molar-refractivity contribution in [2.45, 2.75) is 213 Å². The summed E-state index contributed by atoms with van der Waals surface area (Å²) in [4.78, 5) is 38.1. The molecule has 0 aliphatic carbocycles. The summed E-state index contributed by atoms with van der Waals surface area (Å²) in [6.07, 6.45) is 82.3. The molecular weight excluding hydrogens is 865 g/mol. The molecule has 0 radical (unpaired) electrons. The molecule has 390 valence electrons. The van der Waals surface area contributed by atoms with Gasteiger partial charge in [-0.25, -0.2) is 0 Å². The van der Waals surface area contributed by atoms with Crippen molar-refractivity contribution >= 4 is 17.9 Å². The molecule has 0 aliphatic heterocycles. The number of hydrogen-bond acceptors (Lipinski definition) is 6. The Balaban J connectivity index is 4.63. The van der Waals surface area contributed by atoms with E-state index in [0.29, 0.717) is 12.8 Å². The summed E-state index contributed by atoms with van der Waals surface area (Å²) >= 11 is 0. The molecule has 0 spiro atoms. The summed E-state index contributed by atoms with van der Waals surface area (Å²) in [7, 11) is 0. The monoisotopic (exact) mass is 963 g/mol. The first-order valence-electron chi connectivity index (χ1n) is 27.6. The van der Waals surface area contributed by atoms with Gasteiger partial charge < -0.3 is 14.2 Å². The lowest BCUT2D eigenvalue weighted by Crippen LogP contribution is -2.30. The number of allylic oxidation sites excluding steroid dienone is 26. The molecule has 6 heteroatoms. The zero-order valence-corrected chi connectivity index (χ0v) is 44.5. The van der Waals surface area contributed by atoms with Crippen molar-refractivity contribution in [3.8, 4) is 0 Å². The van der Waals surface area contributed by atoms with Gasteiger partial charge in [0.1, 0.15) is 13.2 Å². The fourth-order valence-electron chi connectivity index (χ4n) is 6.82. The van der Waals surface area contributed by atoms with E-state index in [9.17, 15) is 14.4 Å². The molecule has 0 bridgehead atoms. The summed E-state index contributed by atoms with van der Waals surface area (Å²) in [5.41, 5.74) is 0. The third kappa shape index (κ3) is 54.0. The minimum absolute atomic E-state index is 0.131. The van der Waals surface area contributed by atoms with E-state index < -0.39 is 6.10 Å². The molecule has 0 saturated heterocycles. The highest BCUT2D eigenvalue weighted by Crippen LogP contribution is 2.12. The molecule has 0 saturated carbocycles. The van der Waals surface area contributed by atoms with Crippen molar-refractivity contribution in [3.05, 3.63) is 158 Å².